The molecule has 4 rings (SSSR count). The molecule has 0 aliphatic carbocycles. The summed E-state index contributed by atoms with van der Waals surface area (Å²) in [5.74, 6) is -0.200. The summed E-state index contributed by atoms with van der Waals surface area (Å²) in [6.45, 7) is 7.97. The summed E-state index contributed by atoms with van der Waals surface area (Å²) in [5.41, 5.74) is 4.54. The average molecular weight is 500 g/mol. The summed E-state index contributed by atoms with van der Waals surface area (Å²) in [5, 5.41) is 11.7. The van der Waals surface area contributed by atoms with Crippen LogP contribution in [0.4, 0.5) is 5.69 Å². The molecule has 1 N–H and O–H groups in total. The van der Waals surface area contributed by atoms with Gasteiger partial charge < -0.3 is 14.6 Å². The maximum Gasteiger partial charge on any atom is 0.300 e. The van der Waals surface area contributed by atoms with E-state index in [1.165, 1.54) is 4.90 Å². The van der Waals surface area contributed by atoms with Crippen molar-refractivity contribution < 1.29 is 24.2 Å². The zero-order chi connectivity index (χ0) is 26.9. The van der Waals surface area contributed by atoms with Gasteiger partial charge >= 0.3 is 0 Å². The number of carbonyl (C=O) groups excluding carboxylic acids is 2. The number of hydrogen-bond donors (Lipinski definition) is 1. The van der Waals surface area contributed by atoms with E-state index < -0.39 is 17.7 Å². The molecule has 0 spiro atoms. The Morgan fingerprint density at radius 3 is 2.30 bits per heavy atom. The summed E-state index contributed by atoms with van der Waals surface area (Å²) in [7, 11) is 3.17. The molecule has 3 aromatic rings. The Bertz CT molecular complexity index is 1370. The quantitative estimate of drug-likeness (QED) is 0.234. The first-order chi connectivity index (χ1) is 17.7. The highest BCUT2D eigenvalue weighted by Crippen LogP contribution is 2.44. The van der Waals surface area contributed by atoms with Crippen LogP contribution >= 0.6 is 0 Å². The van der Waals surface area contributed by atoms with E-state index in [0.717, 1.165) is 23.1 Å². The summed E-state index contributed by atoms with van der Waals surface area (Å²) in [4.78, 5) is 28.5. The Labute approximate surface area is 218 Å². The van der Waals surface area contributed by atoms with Gasteiger partial charge in [-0.25, -0.2) is 0 Å². The van der Waals surface area contributed by atoms with Crippen molar-refractivity contribution in [1.82, 2.24) is 0 Å². The van der Waals surface area contributed by atoms with E-state index in [2.05, 4.69) is 6.92 Å². The van der Waals surface area contributed by atoms with Gasteiger partial charge in [-0.05, 0) is 77.9 Å². The van der Waals surface area contributed by atoms with Crippen molar-refractivity contribution in [3.63, 3.8) is 0 Å². The molecule has 192 valence electrons. The maximum atomic E-state index is 13.6. The normalized spacial score (nSPS) is 16.9. The number of aliphatic hydroxyl groups excluding tert-OH is 1. The van der Waals surface area contributed by atoms with E-state index in [-0.39, 0.29) is 17.3 Å². The number of ketones is 1. The minimum absolute atomic E-state index is 0.0424. The van der Waals surface area contributed by atoms with Crippen molar-refractivity contribution in [1.29, 1.82) is 0 Å². The van der Waals surface area contributed by atoms with Crippen LogP contribution in [0.5, 0.6) is 11.5 Å². The number of aliphatic hydroxyl groups is 1. The fourth-order valence-electron chi connectivity index (χ4n) is 4.84. The lowest BCUT2D eigenvalue weighted by Gasteiger charge is -2.26. The van der Waals surface area contributed by atoms with Gasteiger partial charge in [-0.3, -0.25) is 14.5 Å². The van der Waals surface area contributed by atoms with Crippen LogP contribution in [0.1, 0.15) is 60.5 Å². The molecule has 37 heavy (non-hydrogen) atoms. The number of amides is 1. The smallest absolute Gasteiger partial charge is 0.300 e. The van der Waals surface area contributed by atoms with Gasteiger partial charge in [0.15, 0.2) is 0 Å². The molecule has 0 radical (unpaired) electrons. The SMILES string of the molecule is CCc1ccc(N2C(=O)C(=O)/C(=C(/O)c3cc(C(C)C)c(OC)cc3C)C2c2cccc(OC)c2)cc1. The minimum atomic E-state index is -0.827. The van der Waals surface area contributed by atoms with Crippen LogP contribution in [0.25, 0.3) is 5.76 Å². The highest BCUT2D eigenvalue weighted by molar-refractivity contribution is 6.51. The Balaban J connectivity index is 1.98. The van der Waals surface area contributed by atoms with Crippen molar-refractivity contribution >= 4 is 23.1 Å². The van der Waals surface area contributed by atoms with E-state index in [1.54, 1.807) is 26.4 Å². The largest absolute Gasteiger partial charge is 0.507 e. The van der Waals surface area contributed by atoms with Crippen molar-refractivity contribution in [3.05, 3.63) is 94.1 Å². The third kappa shape index (κ3) is 4.71. The molecule has 1 atom stereocenters. The van der Waals surface area contributed by atoms with Gasteiger partial charge in [-0.2, -0.15) is 0 Å². The topological polar surface area (TPSA) is 76.1 Å². The monoisotopic (exact) mass is 499 g/mol. The molecule has 6 heteroatoms. The number of hydrogen-bond acceptors (Lipinski definition) is 5. The molecule has 1 aliphatic heterocycles. The van der Waals surface area contributed by atoms with Gasteiger partial charge in [-0.1, -0.05) is 45.0 Å². The van der Waals surface area contributed by atoms with E-state index in [4.69, 9.17) is 9.47 Å². The Kier molecular flexibility index (Phi) is 7.39. The lowest BCUT2D eigenvalue weighted by atomic mass is 9.91. The van der Waals surface area contributed by atoms with E-state index >= 15 is 0 Å². The van der Waals surface area contributed by atoms with Crippen molar-refractivity contribution in [2.45, 2.75) is 46.1 Å². The summed E-state index contributed by atoms with van der Waals surface area (Å²) in [6, 6.07) is 17.7. The summed E-state index contributed by atoms with van der Waals surface area (Å²) >= 11 is 0. The lowest BCUT2D eigenvalue weighted by molar-refractivity contribution is -0.132. The number of nitrogens with zero attached hydrogens (tertiary/aromatic N) is 1. The molecule has 1 amide bonds. The first-order valence-corrected chi connectivity index (χ1v) is 12.4. The predicted octanol–water partition coefficient (Wildman–Crippen LogP) is 6.32. The highest BCUT2D eigenvalue weighted by atomic mass is 16.5. The number of benzene rings is 3. The van der Waals surface area contributed by atoms with Crippen LogP contribution in [-0.2, 0) is 16.0 Å². The fraction of sp³-hybridized carbons (Fsp3) is 0.290. The predicted molar refractivity (Wildman–Crippen MR) is 145 cm³/mol. The molecule has 6 nitrogen and oxygen atoms in total. The molecule has 3 aromatic carbocycles. The van der Waals surface area contributed by atoms with Gasteiger partial charge in [0.1, 0.15) is 17.3 Å². The van der Waals surface area contributed by atoms with Crippen LogP contribution in [-0.4, -0.2) is 31.0 Å². The third-order valence-corrected chi connectivity index (χ3v) is 6.93. The molecule has 1 aliphatic rings. The fourth-order valence-corrected chi connectivity index (χ4v) is 4.84. The second-order valence-corrected chi connectivity index (χ2v) is 9.53. The van der Waals surface area contributed by atoms with Gasteiger partial charge in [-0.15, -0.1) is 0 Å². The first kappa shape index (κ1) is 26.0. The number of carbonyl (C=O) groups is 2. The Morgan fingerprint density at radius 2 is 1.70 bits per heavy atom. The van der Waals surface area contributed by atoms with Gasteiger partial charge in [0, 0.05) is 11.3 Å². The van der Waals surface area contributed by atoms with Gasteiger partial charge in [0.2, 0.25) is 0 Å². The highest BCUT2D eigenvalue weighted by Gasteiger charge is 2.47. The molecule has 1 saturated heterocycles. The van der Waals surface area contributed by atoms with Crippen LogP contribution in [0.2, 0.25) is 0 Å². The number of methoxy groups -OCH3 is 2. The number of aryl methyl sites for hydroxylation is 2. The third-order valence-electron chi connectivity index (χ3n) is 6.93. The minimum Gasteiger partial charge on any atom is -0.507 e. The van der Waals surface area contributed by atoms with E-state index in [1.807, 2.05) is 69.3 Å². The van der Waals surface area contributed by atoms with Crippen LogP contribution in [0.3, 0.4) is 0 Å². The molecule has 1 unspecified atom stereocenters. The molecule has 0 bridgehead atoms. The number of rotatable bonds is 7. The van der Waals surface area contributed by atoms with Gasteiger partial charge in [0.05, 0.1) is 25.8 Å². The van der Waals surface area contributed by atoms with E-state index in [0.29, 0.717) is 28.3 Å². The molecule has 1 heterocycles. The van der Waals surface area contributed by atoms with Crippen LogP contribution < -0.4 is 14.4 Å². The number of ether oxygens (including phenoxy) is 2. The lowest BCUT2D eigenvalue weighted by Crippen LogP contribution is -2.29. The standard InChI is InChI=1S/C31H33NO5/c1-7-20-11-13-22(14-12-20)32-28(21-9-8-10-23(16-21)36-5)27(30(34)31(32)35)29(33)25-17-24(18(2)3)26(37-6)15-19(25)4/h8-18,28,33H,7H2,1-6H3/b29-27+. The molecular formula is C31H33NO5. The van der Waals surface area contributed by atoms with Crippen LogP contribution in [0, 0.1) is 6.92 Å². The summed E-state index contributed by atoms with van der Waals surface area (Å²) < 4.78 is 11.0. The number of Topliss-reactive ketones (excluding diaryl/α,β-unsaturated/α-hetero) is 1. The van der Waals surface area contributed by atoms with Crippen LogP contribution in [0.15, 0.2) is 66.2 Å². The van der Waals surface area contributed by atoms with E-state index in [9.17, 15) is 14.7 Å². The second-order valence-electron chi connectivity index (χ2n) is 9.53. The molecule has 0 aromatic heterocycles. The second kappa shape index (κ2) is 10.5. The Hall–Kier alpha value is -4.06. The molecular weight excluding hydrogens is 466 g/mol. The zero-order valence-corrected chi connectivity index (χ0v) is 22.2. The average Bonchev–Trinajstić information content (AvgIpc) is 3.18. The summed E-state index contributed by atoms with van der Waals surface area (Å²) in [6.07, 6.45) is 0.855. The zero-order valence-electron chi connectivity index (χ0n) is 22.2. The van der Waals surface area contributed by atoms with Crippen molar-refractivity contribution in [2.24, 2.45) is 0 Å². The Morgan fingerprint density at radius 1 is 1.00 bits per heavy atom. The van der Waals surface area contributed by atoms with Crippen molar-refractivity contribution in [3.8, 4) is 11.5 Å². The number of anilines is 1. The maximum absolute atomic E-state index is 13.6. The first-order valence-electron chi connectivity index (χ1n) is 12.4. The van der Waals surface area contributed by atoms with Crippen molar-refractivity contribution in [2.75, 3.05) is 19.1 Å². The molecule has 1 fully saturated rings. The van der Waals surface area contributed by atoms with Gasteiger partial charge in [0.25, 0.3) is 11.7 Å². The molecule has 0 saturated carbocycles.